The molecule has 2 aromatic heterocycles. The number of nitriles is 2. The Morgan fingerprint density at radius 2 is 1.47 bits per heavy atom. The van der Waals surface area contributed by atoms with Crippen molar-refractivity contribution in [2.45, 2.75) is 6.92 Å². The number of aryl methyl sites for hydroxylation is 1. The average molecular weight is 641 g/mol. The number of rotatable bonds is 3. The molecule has 0 amide bonds. The minimum absolute atomic E-state index is 0. The third-order valence-electron chi connectivity index (χ3n) is 5.23. The van der Waals surface area contributed by atoms with Crippen molar-refractivity contribution in [2.75, 3.05) is 0 Å². The number of pyridine rings is 2. The summed E-state index contributed by atoms with van der Waals surface area (Å²) in [6.45, 7) is 1.96. The Hall–Kier alpha value is -4.41. The summed E-state index contributed by atoms with van der Waals surface area (Å²) < 4.78 is 0. The Balaban J connectivity index is 0.000000196. The molecule has 36 heavy (non-hydrogen) atoms. The molecule has 4 nitrogen and oxygen atoms in total. The van der Waals surface area contributed by atoms with E-state index in [-0.39, 0.29) is 20.1 Å². The summed E-state index contributed by atoms with van der Waals surface area (Å²) in [5.41, 5.74) is 7.59. The molecule has 0 N–H and O–H groups in total. The Morgan fingerprint density at radius 3 is 2.14 bits per heavy atom. The van der Waals surface area contributed by atoms with Crippen molar-refractivity contribution in [3.05, 3.63) is 132 Å². The second kappa shape index (κ2) is 12.9. The molecule has 5 aromatic rings. The van der Waals surface area contributed by atoms with Gasteiger partial charge in [-0.05, 0) is 52.2 Å². The van der Waals surface area contributed by atoms with Crippen LogP contribution in [0.25, 0.3) is 33.6 Å². The maximum absolute atomic E-state index is 8.93. The van der Waals surface area contributed by atoms with Crippen LogP contribution in [0.3, 0.4) is 0 Å². The van der Waals surface area contributed by atoms with E-state index in [9.17, 15) is 0 Å². The fraction of sp³-hybridized carbons (Fsp3) is 0.0323. The van der Waals surface area contributed by atoms with E-state index >= 15 is 0 Å². The van der Waals surface area contributed by atoms with E-state index in [1.807, 2.05) is 85.9 Å². The van der Waals surface area contributed by atoms with Crippen molar-refractivity contribution < 1.29 is 20.1 Å². The minimum atomic E-state index is 0. The van der Waals surface area contributed by atoms with Gasteiger partial charge in [0.15, 0.2) is 0 Å². The van der Waals surface area contributed by atoms with Crippen molar-refractivity contribution >= 4 is 0 Å². The molecule has 0 fully saturated rings. The van der Waals surface area contributed by atoms with Crippen LogP contribution < -0.4 is 0 Å². The molecule has 0 aliphatic heterocycles. The molecule has 175 valence electrons. The SMILES string of the molecule is Cc1ccc(-c2[c-]cc(C#N)c(C#N)c2)nc1.[Ir].[c-]1ccccc1-c1cc(-c2ccccc2)ccn1. The van der Waals surface area contributed by atoms with Crippen LogP contribution in [0.2, 0.25) is 0 Å². The Kier molecular flexibility index (Phi) is 9.38. The van der Waals surface area contributed by atoms with Crippen LogP contribution >= 0.6 is 0 Å². The van der Waals surface area contributed by atoms with Gasteiger partial charge in [0.05, 0.1) is 6.07 Å². The monoisotopic (exact) mass is 641 g/mol. The van der Waals surface area contributed by atoms with Crippen molar-refractivity contribution in [2.24, 2.45) is 0 Å². The van der Waals surface area contributed by atoms with E-state index in [0.29, 0.717) is 11.1 Å². The topological polar surface area (TPSA) is 73.4 Å². The molecule has 5 heteroatoms. The molecule has 0 spiro atoms. The summed E-state index contributed by atoms with van der Waals surface area (Å²) in [6, 6.07) is 39.4. The summed E-state index contributed by atoms with van der Waals surface area (Å²) in [5.74, 6) is 0. The molecule has 5 rings (SSSR count). The van der Waals surface area contributed by atoms with E-state index in [1.54, 1.807) is 12.3 Å². The molecule has 2 heterocycles. The van der Waals surface area contributed by atoms with Crippen molar-refractivity contribution in [1.29, 1.82) is 10.5 Å². The smallest absolute Gasteiger partial charge is 0.0802 e. The maximum Gasteiger partial charge on any atom is 0.0802 e. The summed E-state index contributed by atoms with van der Waals surface area (Å²) in [5, 5.41) is 17.7. The summed E-state index contributed by atoms with van der Waals surface area (Å²) >= 11 is 0. The number of nitrogens with zero attached hydrogens (tertiary/aromatic N) is 4. The number of hydrogen-bond donors (Lipinski definition) is 0. The Bertz CT molecular complexity index is 1450. The van der Waals surface area contributed by atoms with Gasteiger partial charge in [-0.2, -0.15) is 5.26 Å². The van der Waals surface area contributed by atoms with Gasteiger partial charge >= 0.3 is 0 Å². The Morgan fingerprint density at radius 1 is 0.694 bits per heavy atom. The van der Waals surface area contributed by atoms with E-state index < -0.39 is 0 Å². The first-order chi connectivity index (χ1) is 17.2. The molecule has 0 atom stereocenters. The third-order valence-corrected chi connectivity index (χ3v) is 5.23. The average Bonchev–Trinajstić information content (AvgIpc) is 2.94. The van der Waals surface area contributed by atoms with Gasteiger partial charge in [-0.15, -0.1) is 59.7 Å². The molecule has 0 bridgehead atoms. The standard InChI is InChI=1S/C17H12N.C14H8N3.Ir/c1-3-7-14(8-4-1)16-11-12-18-17(13-16)15-9-5-2-6-10-15;1-10-2-5-14(17-9-10)11-3-4-12(7-15)13(6-11)8-16;/h1-9,11-13H;2,4-6,9H,1H3;/q2*-1;. The van der Waals surface area contributed by atoms with Crippen LogP contribution in [-0.4, -0.2) is 9.97 Å². The van der Waals surface area contributed by atoms with E-state index in [1.165, 1.54) is 17.2 Å². The maximum atomic E-state index is 8.93. The van der Waals surface area contributed by atoms with Gasteiger partial charge in [0.2, 0.25) is 0 Å². The van der Waals surface area contributed by atoms with E-state index in [0.717, 1.165) is 28.1 Å². The van der Waals surface area contributed by atoms with Crippen LogP contribution in [0, 0.1) is 41.7 Å². The van der Waals surface area contributed by atoms with Crippen molar-refractivity contribution in [3.63, 3.8) is 0 Å². The summed E-state index contributed by atoms with van der Waals surface area (Å²) in [4.78, 5) is 8.66. The number of benzene rings is 3. The summed E-state index contributed by atoms with van der Waals surface area (Å²) in [6.07, 6.45) is 3.60. The Labute approximate surface area is 224 Å². The first kappa shape index (κ1) is 26.2. The van der Waals surface area contributed by atoms with Gasteiger partial charge in [0, 0.05) is 38.6 Å². The largest absolute Gasteiger partial charge is 0.305 e. The molecule has 0 saturated carbocycles. The molecule has 0 aliphatic rings. The van der Waals surface area contributed by atoms with Gasteiger partial charge < -0.3 is 9.97 Å². The predicted octanol–water partition coefficient (Wildman–Crippen LogP) is 6.81. The molecular formula is C31H20IrN4-2. The minimum Gasteiger partial charge on any atom is -0.305 e. The summed E-state index contributed by atoms with van der Waals surface area (Å²) in [7, 11) is 0. The van der Waals surface area contributed by atoms with Crippen molar-refractivity contribution in [3.8, 4) is 45.8 Å². The molecule has 3 aromatic carbocycles. The zero-order chi connectivity index (χ0) is 24.5. The van der Waals surface area contributed by atoms with Crippen LogP contribution in [0.5, 0.6) is 0 Å². The first-order valence-corrected chi connectivity index (χ1v) is 11.0. The van der Waals surface area contributed by atoms with E-state index in [4.69, 9.17) is 10.5 Å². The zero-order valence-corrected chi connectivity index (χ0v) is 21.8. The zero-order valence-electron chi connectivity index (χ0n) is 19.4. The van der Waals surface area contributed by atoms with Crippen LogP contribution in [-0.2, 0) is 20.1 Å². The van der Waals surface area contributed by atoms with Gasteiger partial charge in [-0.1, -0.05) is 48.5 Å². The number of hydrogen-bond acceptors (Lipinski definition) is 4. The van der Waals surface area contributed by atoms with Crippen LogP contribution in [0.15, 0.2) is 103 Å². The normalized spacial score (nSPS) is 9.53. The first-order valence-electron chi connectivity index (χ1n) is 11.0. The van der Waals surface area contributed by atoms with Crippen LogP contribution in [0.4, 0.5) is 0 Å². The molecule has 0 unspecified atom stereocenters. The second-order valence-electron chi connectivity index (χ2n) is 7.69. The molecular weight excluding hydrogens is 621 g/mol. The molecule has 0 saturated heterocycles. The van der Waals surface area contributed by atoms with Gasteiger partial charge in [0.25, 0.3) is 0 Å². The van der Waals surface area contributed by atoms with E-state index in [2.05, 4.69) is 40.3 Å². The van der Waals surface area contributed by atoms with Crippen LogP contribution in [0.1, 0.15) is 16.7 Å². The molecule has 1 radical (unpaired) electrons. The predicted molar refractivity (Wildman–Crippen MR) is 137 cm³/mol. The molecule has 0 aliphatic carbocycles. The second-order valence-corrected chi connectivity index (χ2v) is 7.69. The van der Waals surface area contributed by atoms with Gasteiger partial charge in [-0.3, -0.25) is 0 Å². The fourth-order valence-electron chi connectivity index (χ4n) is 3.39. The van der Waals surface area contributed by atoms with Gasteiger partial charge in [-0.25, -0.2) is 5.26 Å². The number of aromatic nitrogens is 2. The van der Waals surface area contributed by atoms with Gasteiger partial charge in [0.1, 0.15) is 0 Å². The fourth-order valence-corrected chi connectivity index (χ4v) is 3.39. The quantitative estimate of drug-likeness (QED) is 0.203. The third kappa shape index (κ3) is 6.59. The van der Waals surface area contributed by atoms with Crippen molar-refractivity contribution in [1.82, 2.24) is 9.97 Å².